The van der Waals surface area contributed by atoms with Gasteiger partial charge in [0.2, 0.25) is 11.5 Å². The Labute approximate surface area is 163 Å². The van der Waals surface area contributed by atoms with Crippen molar-refractivity contribution in [2.75, 3.05) is 7.11 Å². The van der Waals surface area contributed by atoms with Crippen molar-refractivity contribution in [3.63, 3.8) is 0 Å². The number of carbonyl (C=O) groups excluding carboxylic acids is 1. The molecule has 1 heterocycles. The number of methoxy groups -OCH3 is 1. The predicted molar refractivity (Wildman–Crippen MR) is 96.0 cm³/mol. The number of ether oxygens (including phenoxy) is 1. The van der Waals surface area contributed by atoms with Crippen LogP contribution in [-0.2, 0) is 12.6 Å². The number of para-hydroxylation sites is 1. The fourth-order valence-electron chi connectivity index (χ4n) is 2.81. The molecule has 3 rings (SSSR count). The zero-order valence-corrected chi connectivity index (χ0v) is 15.1. The lowest BCUT2D eigenvalue weighted by molar-refractivity contribution is -0.138. The number of carbonyl (C=O) groups is 1. The molecule has 150 valence electrons. The van der Waals surface area contributed by atoms with E-state index in [1.807, 2.05) is 0 Å². The molecule has 2 aromatic carbocycles. The van der Waals surface area contributed by atoms with Crippen molar-refractivity contribution in [2.45, 2.75) is 12.6 Å². The second-order valence-electron chi connectivity index (χ2n) is 6.02. The van der Waals surface area contributed by atoms with Crippen LogP contribution < -0.4 is 4.74 Å². The number of nitrogens with zero attached hydrogens (tertiary/aromatic N) is 2. The van der Waals surface area contributed by atoms with Crippen LogP contribution in [0.2, 0.25) is 0 Å². The van der Waals surface area contributed by atoms with Gasteiger partial charge < -0.3 is 14.9 Å². The lowest BCUT2D eigenvalue weighted by Gasteiger charge is -2.13. The maximum Gasteiger partial charge on any atom is 0.416 e. The molecule has 3 aromatic rings. The highest BCUT2D eigenvalue weighted by atomic mass is 19.4. The van der Waals surface area contributed by atoms with E-state index < -0.39 is 41.3 Å². The summed E-state index contributed by atoms with van der Waals surface area (Å²) in [4.78, 5) is 20.3. The van der Waals surface area contributed by atoms with Crippen molar-refractivity contribution in [2.24, 2.45) is 0 Å². The lowest BCUT2D eigenvalue weighted by atomic mass is 10.0. The number of hydrogen-bond donors (Lipinski definition) is 2. The molecule has 0 radical (unpaired) electrons. The Hall–Kier alpha value is -3.62. The van der Waals surface area contributed by atoms with Crippen molar-refractivity contribution < 1.29 is 32.9 Å². The van der Waals surface area contributed by atoms with Crippen LogP contribution in [0.1, 0.15) is 33.0 Å². The summed E-state index contributed by atoms with van der Waals surface area (Å²) in [6.07, 6.45) is -5.00. The van der Waals surface area contributed by atoms with E-state index in [2.05, 4.69) is 9.97 Å². The van der Waals surface area contributed by atoms with Gasteiger partial charge in [-0.2, -0.15) is 18.2 Å². The van der Waals surface area contributed by atoms with Gasteiger partial charge >= 0.3 is 6.18 Å². The summed E-state index contributed by atoms with van der Waals surface area (Å²) in [6, 6.07) is 11.0. The Kier molecular flexibility index (Phi) is 5.40. The lowest BCUT2D eigenvalue weighted by Crippen LogP contribution is -2.12. The monoisotopic (exact) mass is 404 g/mol. The first-order valence-electron chi connectivity index (χ1n) is 8.34. The van der Waals surface area contributed by atoms with Crippen molar-refractivity contribution in [3.8, 4) is 17.4 Å². The van der Waals surface area contributed by atoms with Crippen LogP contribution in [-0.4, -0.2) is 33.1 Å². The third-order valence-corrected chi connectivity index (χ3v) is 4.15. The first kappa shape index (κ1) is 20.1. The van der Waals surface area contributed by atoms with Gasteiger partial charge in [0.1, 0.15) is 11.6 Å². The predicted octanol–water partition coefficient (Wildman–Crippen LogP) is 3.74. The number of halogens is 3. The zero-order valence-electron chi connectivity index (χ0n) is 15.1. The SMILES string of the molecule is COc1ccccc1C(=O)c1nc(Cc2ccccc2C(F)(F)F)nc(O)c1O. The minimum atomic E-state index is -4.59. The molecular formula is C20H15F3N2O4. The number of aromatic nitrogens is 2. The van der Waals surface area contributed by atoms with Gasteiger partial charge in [0, 0.05) is 6.42 Å². The minimum absolute atomic E-state index is 0.0602. The van der Waals surface area contributed by atoms with Crippen LogP contribution in [0.25, 0.3) is 0 Å². The van der Waals surface area contributed by atoms with Gasteiger partial charge in [0.05, 0.1) is 18.2 Å². The second kappa shape index (κ2) is 7.78. The quantitative estimate of drug-likeness (QED) is 0.630. The van der Waals surface area contributed by atoms with Crippen LogP contribution in [0, 0.1) is 0 Å². The molecule has 0 aliphatic rings. The number of aromatic hydroxyl groups is 2. The average Bonchev–Trinajstić information content (AvgIpc) is 2.69. The van der Waals surface area contributed by atoms with E-state index in [9.17, 15) is 28.2 Å². The first-order chi connectivity index (χ1) is 13.7. The van der Waals surface area contributed by atoms with Gasteiger partial charge in [-0.25, -0.2) is 4.98 Å². The molecule has 0 saturated carbocycles. The molecule has 0 saturated heterocycles. The summed E-state index contributed by atoms with van der Waals surface area (Å²) in [5, 5.41) is 20.0. The molecule has 0 amide bonds. The van der Waals surface area contributed by atoms with E-state index in [-0.39, 0.29) is 22.7 Å². The molecule has 0 atom stereocenters. The number of ketones is 1. The van der Waals surface area contributed by atoms with Crippen molar-refractivity contribution >= 4 is 5.78 Å². The molecule has 9 heteroatoms. The summed E-state index contributed by atoms with van der Waals surface area (Å²) in [5.74, 6) is -2.59. The summed E-state index contributed by atoms with van der Waals surface area (Å²) in [7, 11) is 1.35. The number of alkyl halides is 3. The molecular weight excluding hydrogens is 389 g/mol. The standard InChI is InChI=1S/C20H15F3N2O4/c1-29-14-9-5-3-7-12(14)17(26)16-18(27)19(28)25-15(24-16)10-11-6-2-4-8-13(11)20(21,22)23/h2-9,27H,10H2,1H3,(H,24,25,28). The van der Waals surface area contributed by atoms with E-state index in [4.69, 9.17) is 4.74 Å². The molecule has 2 N–H and O–H groups in total. The third kappa shape index (κ3) is 4.13. The Morgan fingerprint density at radius 3 is 2.38 bits per heavy atom. The molecule has 0 unspecified atom stereocenters. The maximum atomic E-state index is 13.2. The van der Waals surface area contributed by atoms with Crippen LogP contribution >= 0.6 is 0 Å². The average molecular weight is 404 g/mol. The van der Waals surface area contributed by atoms with E-state index >= 15 is 0 Å². The Morgan fingerprint density at radius 1 is 1.03 bits per heavy atom. The van der Waals surface area contributed by atoms with Gasteiger partial charge in [0.25, 0.3) is 5.88 Å². The Morgan fingerprint density at radius 2 is 1.69 bits per heavy atom. The van der Waals surface area contributed by atoms with E-state index in [0.717, 1.165) is 6.07 Å². The summed E-state index contributed by atoms with van der Waals surface area (Å²) in [6.45, 7) is 0. The Balaban J connectivity index is 2.05. The van der Waals surface area contributed by atoms with Crippen molar-refractivity contribution in [3.05, 3.63) is 76.7 Å². The second-order valence-corrected chi connectivity index (χ2v) is 6.02. The van der Waals surface area contributed by atoms with Gasteiger partial charge in [-0.3, -0.25) is 4.79 Å². The maximum absolute atomic E-state index is 13.2. The fourth-order valence-corrected chi connectivity index (χ4v) is 2.81. The molecule has 0 spiro atoms. The highest BCUT2D eigenvalue weighted by Gasteiger charge is 2.33. The molecule has 0 fully saturated rings. The summed E-state index contributed by atoms with van der Waals surface area (Å²) < 4.78 is 44.7. The largest absolute Gasteiger partial charge is 0.502 e. The van der Waals surface area contributed by atoms with E-state index in [0.29, 0.717) is 0 Å². The van der Waals surface area contributed by atoms with Crippen LogP contribution in [0.3, 0.4) is 0 Å². The molecule has 6 nitrogen and oxygen atoms in total. The zero-order chi connectivity index (χ0) is 21.2. The molecule has 0 aliphatic heterocycles. The van der Waals surface area contributed by atoms with E-state index in [1.165, 1.54) is 37.4 Å². The number of hydrogen-bond acceptors (Lipinski definition) is 6. The molecule has 1 aromatic heterocycles. The minimum Gasteiger partial charge on any atom is -0.502 e. The Bertz CT molecular complexity index is 1070. The molecule has 0 aliphatic carbocycles. The van der Waals surface area contributed by atoms with Crippen LogP contribution in [0.15, 0.2) is 48.5 Å². The van der Waals surface area contributed by atoms with Gasteiger partial charge in [-0.15, -0.1) is 0 Å². The topological polar surface area (TPSA) is 92.5 Å². The molecule has 29 heavy (non-hydrogen) atoms. The van der Waals surface area contributed by atoms with Crippen molar-refractivity contribution in [1.82, 2.24) is 9.97 Å². The van der Waals surface area contributed by atoms with E-state index in [1.54, 1.807) is 12.1 Å². The smallest absolute Gasteiger partial charge is 0.416 e. The van der Waals surface area contributed by atoms with Gasteiger partial charge in [-0.05, 0) is 23.8 Å². The number of benzene rings is 2. The first-order valence-corrected chi connectivity index (χ1v) is 8.34. The van der Waals surface area contributed by atoms with Gasteiger partial charge in [0.15, 0.2) is 5.69 Å². The highest BCUT2D eigenvalue weighted by molar-refractivity contribution is 6.11. The fraction of sp³-hybridized carbons (Fsp3) is 0.150. The van der Waals surface area contributed by atoms with Crippen LogP contribution in [0.4, 0.5) is 13.2 Å². The van der Waals surface area contributed by atoms with Crippen molar-refractivity contribution in [1.29, 1.82) is 0 Å². The highest BCUT2D eigenvalue weighted by Crippen LogP contribution is 2.34. The summed E-state index contributed by atoms with van der Waals surface area (Å²) in [5.41, 5.74) is -1.50. The third-order valence-electron chi connectivity index (χ3n) is 4.15. The number of rotatable bonds is 5. The normalized spacial score (nSPS) is 11.3. The summed E-state index contributed by atoms with van der Waals surface area (Å²) >= 11 is 0. The van der Waals surface area contributed by atoms with Crippen LogP contribution in [0.5, 0.6) is 17.4 Å². The molecule has 0 bridgehead atoms. The van der Waals surface area contributed by atoms with Gasteiger partial charge in [-0.1, -0.05) is 30.3 Å².